The number of halogens is 1. The van der Waals surface area contributed by atoms with Crippen LogP contribution in [0.3, 0.4) is 0 Å². The topological polar surface area (TPSA) is 84.4 Å². The third kappa shape index (κ3) is 4.21. The van der Waals surface area contributed by atoms with Crippen molar-refractivity contribution in [2.24, 2.45) is 5.41 Å². The molecule has 1 aromatic heterocycles. The fourth-order valence-corrected chi connectivity index (χ4v) is 4.91. The molecule has 0 bridgehead atoms. The molecule has 1 aromatic carbocycles. The second kappa shape index (κ2) is 8.02. The Morgan fingerprint density at radius 2 is 1.90 bits per heavy atom. The smallest absolute Gasteiger partial charge is 0.235 e. The van der Waals surface area contributed by atoms with E-state index in [9.17, 15) is 12.8 Å². The standard InChI is InChI=1S/C21H27FN4O3S/c1-15(2)30(27,28)25-17-10-16(22)6-7-18(17)29-19-11-23-14-24-20(19)26-12-21(13-26)8-4-3-5-9-21/h6-7,10-11,14-15,25H,3-5,8-9,12-13H2,1-2H3. The van der Waals surface area contributed by atoms with Crippen LogP contribution in [0.15, 0.2) is 30.7 Å². The van der Waals surface area contributed by atoms with Crippen molar-refractivity contribution in [1.29, 1.82) is 0 Å². The Bertz CT molecular complexity index is 1010. The van der Waals surface area contributed by atoms with E-state index in [2.05, 4.69) is 19.6 Å². The normalized spacial score (nSPS) is 18.3. The lowest BCUT2D eigenvalue weighted by atomic mass is 9.68. The highest BCUT2D eigenvalue weighted by Gasteiger charge is 2.44. The molecule has 2 aliphatic rings. The van der Waals surface area contributed by atoms with Crippen molar-refractivity contribution in [1.82, 2.24) is 9.97 Å². The van der Waals surface area contributed by atoms with Gasteiger partial charge in [0.25, 0.3) is 0 Å². The lowest BCUT2D eigenvalue weighted by molar-refractivity contribution is 0.138. The number of nitrogens with one attached hydrogen (secondary N) is 1. The molecule has 0 radical (unpaired) electrons. The van der Waals surface area contributed by atoms with Crippen LogP contribution in [0.2, 0.25) is 0 Å². The van der Waals surface area contributed by atoms with E-state index in [-0.39, 0.29) is 11.4 Å². The summed E-state index contributed by atoms with van der Waals surface area (Å²) in [4.78, 5) is 10.6. The Balaban J connectivity index is 1.57. The number of benzene rings is 1. The van der Waals surface area contributed by atoms with Gasteiger partial charge in [0.1, 0.15) is 12.1 Å². The van der Waals surface area contributed by atoms with Crippen molar-refractivity contribution in [2.75, 3.05) is 22.7 Å². The van der Waals surface area contributed by atoms with Crippen molar-refractivity contribution in [3.8, 4) is 11.5 Å². The first-order valence-electron chi connectivity index (χ1n) is 10.3. The molecular weight excluding hydrogens is 407 g/mol. The summed E-state index contributed by atoms with van der Waals surface area (Å²) in [6.45, 7) is 4.96. The highest BCUT2D eigenvalue weighted by atomic mass is 32.2. The molecule has 1 aliphatic heterocycles. The Morgan fingerprint density at radius 3 is 2.60 bits per heavy atom. The summed E-state index contributed by atoms with van der Waals surface area (Å²) in [7, 11) is -3.66. The lowest BCUT2D eigenvalue weighted by Crippen LogP contribution is -2.57. The van der Waals surface area contributed by atoms with E-state index in [1.54, 1.807) is 20.0 Å². The van der Waals surface area contributed by atoms with Crippen molar-refractivity contribution in [3.05, 3.63) is 36.5 Å². The van der Waals surface area contributed by atoms with Crippen LogP contribution in [-0.4, -0.2) is 36.7 Å². The summed E-state index contributed by atoms with van der Waals surface area (Å²) in [6, 6.07) is 3.75. The van der Waals surface area contributed by atoms with Crippen molar-refractivity contribution in [3.63, 3.8) is 0 Å². The molecule has 1 N–H and O–H groups in total. The quantitative estimate of drug-likeness (QED) is 0.729. The number of hydrogen-bond acceptors (Lipinski definition) is 6. The molecule has 1 saturated carbocycles. The van der Waals surface area contributed by atoms with Gasteiger partial charge in [0, 0.05) is 24.6 Å². The summed E-state index contributed by atoms with van der Waals surface area (Å²) < 4.78 is 46.8. The van der Waals surface area contributed by atoms with Crippen LogP contribution < -0.4 is 14.4 Å². The van der Waals surface area contributed by atoms with Gasteiger partial charge >= 0.3 is 0 Å². The second-order valence-corrected chi connectivity index (χ2v) is 10.8. The number of ether oxygens (including phenoxy) is 1. The number of nitrogens with zero attached hydrogens (tertiary/aromatic N) is 3. The SMILES string of the molecule is CC(C)S(=O)(=O)Nc1cc(F)ccc1Oc1cncnc1N1CC2(CCCCC2)C1. The van der Waals surface area contributed by atoms with Gasteiger partial charge in [-0.25, -0.2) is 22.8 Å². The van der Waals surface area contributed by atoms with E-state index < -0.39 is 21.1 Å². The molecule has 2 fully saturated rings. The zero-order valence-corrected chi connectivity index (χ0v) is 18.1. The molecule has 0 unspecified atom stereocenters. The van der Waals surface area contributed by atoms with Gasteiger partial charge in [-0.05, 0) is 38.8 Å². The maximum atomic E-state index is 13.8. The molecule has 162 valence electrons. The van der Waals surface area contributed by atoms with Gasteiger partial charge in [-0.15, -0.1) is 0 Å². The summed E-state index contributed by atoms with van der Waals surface area (Å²) in [5.74, 6) is 0.725. The van der Waals surface area contributed by atoms with E-state index in [0.29, 0.717) is 17.0 Å². The number of hydrogen-bond donors (Lipinski definition) is 1. The van der Waals surface area contributed by atoms with Gasteiger partial charge in [-0.1, -0.05) is 19.3 Å². The van der Waals surface area contributed by atoms with Gasteiger partial charge in [0.2, 0.25) is 10.0 Å². The predicted octanol–water partition coefficient (Wildman–Crippen LogP) is 4.33. The molecule has 2 aromatic rings. The van der Waals surface area contributed by atoms with Crippen LogP contribution in [0.25, 0.3) is 0 Å². The Hall–Kier alpha value is -2.42. The van der Waals surface area contributed by atoms with Crippen molar-refractivity contribution >= 4 is 21.5 Å². The molecule has 1 saturated heterocycles. The van der Waals surface area contributed by atoms with Gasteiger partial charge in [-0.2, -0.15) is 0 Å². The van der Waals surface area contributed by atoms with Crippen molar-refractivity contribution in [2.45, 2.75) is 51.2 Å². The number of aromatic nitrogens is 2. The maximum Gasteiger partial charge on any atom is 0.235 e. The third-order valence-electron chi connectivity index (χ3n) is 5.96. The van der Waals surface area contributed by atoms with Crippen LogP contribution in [0.4, 0.5) is 15.9 Å². The molecule has 30 heavy (non-hydrogen) atoms. The molecular formula is C21H27FN4O3S. The number of rotatable bonds is 6. The van der Waals surface area contributed by atoms with Crippen LogP contribution in [0.5, 0.6) is 11.5 Å². The highest BCUT2D eigenvalue weighted by molar-refractivity contribution is 7.93. The first kappa shape index (κ1) is 20.8. The molecule has 0 atom stereocenters. The maximum absolute atomic E-state index is 13.8. The predicted molar refractivity (Wildman–Crippen MR) is 114 cm³/mol. The van der Waals surface area contributed by atoms with Crippen LogP contribution in [0, 0.1) is 11.2 Å². The van der Waals surface area contributed by atoms with E-state index in [4.69, 9.17) is 4.74 Å². The van der Waals surface area contributed by atoms with Crippen molar-refractivity contribution < 1.29 is 17.5 Å². The largest absolute Gasteiger partial charge is 0.450 e. The van der Waals surface area contributed by atoms with Gasteiger partial charge in [0.15, 0.2) is 17.3 Å². The molecule has 7 nitrogen and oxygen atoms in total. The van der Waals surface area contributed by atoms with E-state index in [1.165, 1.54) is 50.6 Å². The molecule has 4 rings (SSSR count). The Labute approximate surface area is 176 Å². The van der Waals surface area contributed by atoms with Crippen LogP contribution in [-0.2, 0) is 10.0 Å². The van der Waals surface area contributed by atoms with E-state index >= 15 is 0 Å². The number of anilines is 2. The molecule has 1 spiro atoms. The lowest BCUT2D eigenvalue weighted by Gasteiger charge is -2.53. The van der Waals surface area contributed by atoms with Crippen LogP contribution in [0.1, 0.15) is 46.0 Å². The summed E-state index contributed by atoms with van der Waals surface area (Å²) in [6.07, 6.45) is 9.36. The minimum absolute atomic E-state index is 0.0471. The molecule has 1 aliphatic carbocycles. The first-order valence-corrected chi connectivity index (χ1v) is 11.9. The minimum Gasteiger partial charge on any atom is -0.450 e. The van der Waals surface area contributed by atoms with Gasteiger partial charge in [0.05, 0.1) is 17.1 Å². The van der Waals surface area contributed by atoms with Gasteiger partial charge < -0.3 is 9.64 Å². The average molecular weight is 435 g/mol. The van der Waals surface area contributed by atoms with E-state index in [0.717, 1.165) is 19.2 Å². The molecule has 2 heterocycles. The molecule has 9 heteroatoms. The van der Waals surface area contributed by atoms with Crippen LogP contribution >= 0.6 is 0 Å². The minimum atomic E-state index is -3.66. The van der Waals surface area contributed by atoms with Gasteiger partial charge in [-0.3, -0.25) is 4.72 Å². The molecule has 0 amide bonds. The fraction of sp³-hybridized carbons (Fsp3) is 0.524. The summed E-state index contributed by atoms with van der Waals surface area (Å²) in [5.41, 5.74) is 0.417. The Kier molecular flexibility index (Phi) is 5.57. The average Bonchev–Trinajstić information content (AvgIpc) is 2.69. The summed E-state index contributed by atoms with van der Waals surface area (Å²) in [5, 5.41) is -0.669. The first-order chi connectivity index (χ1) is 14.3. The third-order valence-corrected chi connectivity index (χ3v) is 7.71. The van der Waals surface area contributed by atoms with E-state index in [1.807, 2.05) is 0 Å². The number of sulfonamides is 1. The Morgan fingerprint density at radius 1 is 1.17 bits per heavy atom. The zero-order valence-electron chi connectivity index (χ0n) is 17.3. The fourth-order valence-electron chi connectivity index (χ4n) is 4.21. The summed E-state index contributed by atoms with van der Waals surface area (Å²) >= 11 is 0. The zero-order chi connectivity index (χ0) is 21.4. The highest BCUT2D eigenvalue weighted by Crippen LogP contribution is 2.47. The second-order valence-electron chi connectivity index (χ2n) is 8.57. The monoisotopic (exact) mass is 434 g/mol.